The van der Waals surface area contributed by atoms with Gasteiger partial charge < -0.3 is 9.64 Å². The summed E-state index contributed by atoms with van der Waals surface area (Å²) in [5.41, 5.74) is -1.52. The van der Waals surface area contributed by atoms with Gasteiger partial charge in [-0.3, -0.25) is 4.79 Å². The van der Waals surface area contributed by atoms with Gasteiger partial charge >= 0.3 is 6.18 Å². The van der Waals surface area contributed by atoms with Crippen LogP contribution in [-0.2, 0) is 6.18 Å². The lowest BCUT2D eigenvalue weighted by molar-refractivity contribution is -0.138. The molecule has 0 fully saturated rings. The van der Waals surface area contributed by atoms with Crippen molar-refractivity contribution in [2.24, 2.45) is 0 Å². The Morgan fingerprint density at radius 1 is 1.33 bits per heavy atom. The average Bonchev–Trinajstić information content (AvgIpc) is 2.25. The Labute approximate surface area is 111 Å². The zero-order valence-electron chi connectivity index (χ0n) is 9.93. The number of hydrogen-bond acceptors (Lipinski definition) is 2. The SMILES string of the molecule is COc1ccc(Br)c(C(F)(F)F)c1C(=O)N(C)C. The number of hydrogen-bond donors (Lipinski definition) is 0. The summed E-state index contributed by atoms with van der Waals surface area (Å²) in [5.74, 6) is -0.871. The van der Waals surface area contributed by atoms with Crippen LogP contribution in [0.3, 0.4) is 0 Å². The van der Waals surface area contributed by atoms with Crippen molar-refractivity contribution in [3.05, 3.63) is 27.7 Å². The van der Waals surface area contributed by atoms with Crippen LogP contribution < -0.4 is 4.74 Å². The summed E-state index contributed by atoms with van der Waals surface area (Å²) in [6.45, 7) is 0. The summed E-state index contributed by atoms with van der Waals surface area (Å²) in [5, 5.41) is 0. The van der Waals surface area contributed by atoms with E-state index in [1.807, 2.05) is 0 Å². The number of alkyl halides is 3. The molecule has 3 nitrogen and oxygen atoms in total. The fourth-order valence-corrected chi connectivity index (χ4v) is 2.00. The highest BCUT2D eigenvalue weighted by molar-refractivity contribution is 9.10. The van der Waals surface area contributed by atoms with Crippen LogP contribution in [0.1, 0.15) is 15.9 Å². The van der Waals surface area contributed by atoms with Gasteiger partial charge in [0, 0.05) is 18.6 Å². The average molecular weight is 326 g/mol. The summed E-state index contributed by atoms with van der Waals surface area (Å²) in [7, 11) is 3.97. The largest absolute Gasteiger partial charge is 0.496 e. The Bertz CT molecular complexity index is 472. The zero-order chi connectivity index (χ0) is 14.1. The van der Waals surface area contributed by atoms with Crippen molar-refractivity contribution in [3.63, 3.8) is 0 Å². The van der Waals surface area contributed by atoms with Crippen molar-refractivity contribution in [3.8, 4) is 5.75 Å². The van der Waals surface area contributed by atoms with Gasteiger partial charge in [-0.15, -0.1) is 0 Å². The Balaban J connectivity index is 3.62. The van der Waals surface area contributed by atoms with Crippen LogP contribution in [0.2, 0.25) is 0 Å². The Morgan fingerprint density at radius 3 is 2.28 bits per heavy atom. The molecule has 7 heteroatoms. The minimum atomic E-state index is -4.64. The molecule has 0 bridgehead atoms. The normalized spacial score (nSPS) is 11.3. The maximum atomic E-state index is 13.0. The Morgan fingerprint density at radius 2 is 1.89 bits per heavy atom. The van der Waals surface area contributed by atoms with E-state index >= 15 is 0 Å². The van der Waals surface area contributed by atoms with Gasteiger partial charge in [0.05, 0.1) is 18.2 Å². The number of carbonyl (C=O) groups excluding carboxylic acids is 1. The van der Waals surface area contributed by atoms with Crippen LogP contribution in [-0.4, -0.2) is 32.0 Å². The second-order valence-corrected chi connectivity index (χ2v) is 4.55. The maximum Gasteiger partial charge on any atom is 0.418 e. The van der Waals surface area contributed by atoms with Crippen LogP contribution in [0.15, 0.2) is 16.6 Å². The predicted molar refractivity (Wildman–Crippen MR) is 63.7 cm³/mol. The molecule has 0 aromatic heterocycles. The van der Waals surface area contributed by atoms with Crippen LogP contribution in [0, 0.1) is 0 Å². The molecule has 0 aliphatic carbocycles. The molecule has 18 heavy (non-hydrogen) atoms. The van der Waals surface area contributed by atoms with Crippen molar-refractivity contribution < 1.29 is 22.7 Å². The zero-order valence-corrected chi connectivity index (χ0v) is 11.5. The number of carbonyl (C=O) groups is 1. The Kier molecular flexibility index (Phi) is 4.26. The highest BCUT2D eigenvalue weighted by Crippen LogP contribution is 2.41. The first kappa shape index (κ1) is 14.8. The van der Waals surface area contributed by atoms with E-state index in [1.54, 1.807) is 0 Å². The fourth-order valence-electron chi connectivity index (χ4n) is 1.44. The topological polar surface area (TPSA) is 29.5 Å². The van der Waals surface area contributed by atoms with Gasteiger partial charge in [-0.25, -0.2) is 0 Å². The van der Waals surface area contributed by atoms with Crippen molar-refractivity contribution in [2.45, 2.75) is 6.18 Å². The molecule has 0 atom stereocenters. The molecule has 1 aromatic carbocycles. The Hall–Kier alpha value is -1.24. The first-order valence-electron chi connectivity index (χ1n) is 4.85. The number of rotatable bonds is 2. The van der Waals surface area contributed by atoms with E-state index in [9.17, 15) is 18.0 Å². The van der Waals surface area contributed by atoms with Crippen LogP contribution in [0.25, 0.3) is 0 Å². The fraction of sp³-hybridized carbons (Fsp3) is 0.364. The molecule has 0 unspecified atom stereocenters. The van der Waals surface area contributed by atoms with E-state index in [0.717, 1.165) is 4.90 Å². The summed E-state index contributed by atoms with van der Waals surface area (Å²) < 4.78 is 43.6. The second kappa shape index (κ2) is 5.17. The van der Waals surface area contributed by atoms with Gasteiger partial charge in [0.1, 0.15) is 5.75 Å². The van der Waals surface area contributed by atoms with Gasteiger partial charge in [-0.1, -0.05) is 15.9 Å². The van der Waals surface area contributed by atoms with Crippen LogP contribution in [0.5, 0.6) is 5.75 Å². The monoisotopic (exact) mass is 325 g/mol. The third kappa shape index (κ3) is 2.77. The standard InChI is InChI=1S/C11H11BrF3NO2/c1-16(2)10(17)8-7(18-3)5-4-6(12)9(8)11(13,14)15/h4-5H,1-3H3. The number of amides is 1. The van der Waals surface area contributed by atoms with Crippen molar-refractivity contribution >= 4 is 21.8 Å². The van der Waals surface area contributed by atoms with E-state index < -0.39 is 23.2 Å². The van der Waals surface area contributed by atoms with Gasteiger partial charge in [0.25, 0.3) is 5.91 Å². The van der Waals surface area contributed by atoms with Crippen molar-refractivity contribution in [2.75, 3.05) is 21.2 Å². The smallest absolute Gasteiger partial charge is 0.418 e. The number of ether oxygens (including phenoxy) is 1. The number of nitrogens with zero attached hydrogens (tertiary/aromatic N) is 1. The van der Waals surface area contributed by atoms with E-state index in [4.69, 9.17) is 4.74 Å². The van der Waals surface area contributed by atoms with E-state index in [1.165, 1.54) is 33.3 Å². The first-order chi connectivity index (χ1) is 8.20. The van der Waals surface area contributed by atoms with Crippen LogP contribution in [0.4, 0.5) is 13.2 Å². The lowest BCUT2D eigenvalue weighted by atomic mass is 10.0. The molecule has 0 radical (unpaired) electrons. The quantitative estimate of drug-likeness (QED) is 0.835. The molecule has 1 amide bonds. The molecular formula is C11H11BrF3NO2. The lowest BCUT2D eigenvalue weighted by Crippen LogP contribution is -2.26. The molecule has 0 aliphatic rings. The summed E-state index contributed by atoms with van der Waals surface area (Å²) in [6, 6.07) is 2.52. The van der Waals surface area contributed by atoms with Gasteiger partial charge in [-0.2, -0.15) is 13.2 Å². The number of halogens is 4. The third-order valence-electron chi connectivity index (χ3n) is 2.24. The van der Waals surface area contributed by atoms with E-state index in [0.29, 0.717) is 0 Å². The molecule has 0 aliphatic heterocycles. The molecule has 0 heterocycles. The first-order valence-corrected chi connectivity index (χ1v) is 5.64. The number of methoxy groups -OCH3 is 1. The summed E-state index contributed by atoms with van der Waals surface area (Å²) in [4.78, 5) is 12.9. The minimum Gasteiger partial charge on any atom is -0.496 e. The third-order valence-corrected chi connectivity index (χ3v) is 2.90. The highest BCUT2D eigenvalue weighted by Gasteiger charge is 2.39. The maximum absolute atomic E-state index is 13.0. The number of benzene rings is 1. The molecule has 1 rings (SSSR count). The predicted octanol–water partition coefficient (Wildman–Crippen LogP) is 3.18. The molecule has 0 saturated heterocycles. The van der Waals surface area contributed by atoms with Crippen LogP contribution >= 0.6 is 15.9 Å². The van der Waals surface area contributed by atoms with Gasteiger partial charge in [0.15, 0.2) is 0 Å². The molecule has 0 N–H and O–H groups in total. The lowest BCUT2D eigenvalue weighted by Gasteiger charge is -2.19. The van der Waals surface area contributed by atoms with Gasteiger partial charge in [0.2, 0.25) is 0 Å². The van der Waals surface area contributed by atoms with Gasteiger partial charge in [-0.05, 0) is 12.1 Å². The van der Waals surface area contributed by atoms with Crippen molar-refractivity contribution in [1.82, 2.24) is 4.90 Å². The van der Waals surface area contributed by atoms with Crippen molar-refractivity contribution in [1.29, 1.82) is 0 Å². The molecule has 100 valence electrons. The van der Waals surface area contributed by atoms with E-state index in [2.05, 4.69) is 15.9 Å². The second-order valence-electron chi connectivity index (χ2n) is 3.70. The molecular weight excluding hydrogens is 315 g/mol. The molecule has 0 spiro atoms. The minimum absolute atomic E-state index is 0.107. The van der Waals surface area contributed by atoms with E-state index in [-0.39, 0.29) is 10.2 Å². The molecule has 0 saturated carbocycles. The molecule has 1 aromatic rings. The highest BCUT2D eigenvalue weighted by atomic mass is 79.9. The summed E-state index contributed by atoms with van der Waals surface area (Å²) in [6.07, 6.45) is -4.64. The summed E-state index contributed by atoms with van der Waals surface area (Å²) >= 11 is 2.82.